The quantitative estimate of drug-likeness (QED) is 0.496. The molecule has 11 heteroatoms. The Hall–Kier alpha value is -2.36. The second kappa shape index (κ2) is 11.9. The van der Waals surface area contributed by atoms with Crippen molar-refractivity contribution in [3.05, 3.63) is 63.9 Å². The smallest absolute Gasteiger partial charge is 0.244 e. The summed E-state index contributed by atoms with van der Waals surface area (Å²) in [6.07, 6.45) is 1.64. The van der Waals surface area contributed by atoms with E-state index >= 15 is 0 Å². The summed E-state index contributed by atoms with van der Waals surface area (Å²) in [5.41, 5.74) is 0.619. The molecule has 1 N–H and O–H groups in total. The minimum Gasteiger partial charge on any atom is -0.352 e. The predicted molar refractivity (Wildman–Crippen MR) is 133 cm³/mol. The van der Waals surface area contributed by atoms with Gasteiger partial charge in [-0.25, -0.2) is 12.8 Å². The zero-order chi connectivity index (χ0) is 25.6. The highest BCUT2D eigenvalue weighted by Crippen LogP contribution is 2.31. The lowest BCUT2D eigenvalue weighted by molar-refractivity contribution is -0.139. The normalized spacial score (nSPS) is 13.1. The SMILES string of the molecule is CC[C@H](C)NC(=O)[C@@H](C)N(Cc1ccc(F)cc1)C(=O)CN(c1cc(Cl)ccc1Cl)S(C)(=O)=O. The largest absolute Gasteiger partial charge is 0.352 e. The Kier molecular flexibility index (Phi) is 9.73. The minimum atomic E-state index is -3.94. The zero-order valence-corrected chi connectivity index (χ0v) is 21.7. The van der Waals surface area contributed by atoms with Crippen LogP contribution in [0.1, 0.15) is 32.8 Å². The lowest BCUT2D eigenvalue weighted by Crippen LogP contribution is -2.52. The number of rotatable bonds is 10. The fourth-order valence-electron chi connectivity index (χ4n) is 3.11. The van der Waals surface area contributed by atoms with Crippen molar-refractivity contribution in [3.63, 3.8) is 0 Å². The summed E-state index contributed by atoms with van der Waals surface area (Å²) in [5, 5.41) is 3.16. The van der Waals surface area contributed by atoms with E-state index in [2.05, 4.69) is 5.32 Å². The number of carbonyl (C=O) groups is 2. The van der Waals surface area contributed by atoms with Gasteiger partial charge in [0, 0.05) is 17.6 Å². The molecule has 0 aliphatic heterocycles. The lowest BCUT2D eigenvalue weighted by Gasteiger charge is -2.32. The summed E-state index contributed by atoms with van der Waals surface area (Å²) in [6.45, 7) is 4.66. The molecule has 0 unspecified atom stereocenters. The number of amides is 2. The maximum Gasteiger partial charge on any atom is 0.244 e. The van der Waals surface area contributed by atoms with Crippen LogP contribution in [-0.2, 0) is 26.2 Å². The number of anilines is 1. The third-order valence-corrected chi connectivity index (χ3v) is 6.97. The van der Waals surface area contributed by atoms with Crippen molar-refractivity contribution in [2.45, 2.75) is 45.8 Å². The molecule has 0 saturated carbocycles. The summed E-state index contributed by atoms with van der Waals surface area (Å²) in [7, 11) is -3.94. The highest BCUT2D eigenvalue weighted by atomic mass is 35.5. The molecular weight excluding hydrogens is 504 g/mol. The predicted octanol–water partition coefficient (Wildman–Crippen LogP) is 4.23. The molecule has 0 heterocycles. The summed E-state index contributed by atoms with van der Waals surface area (Å²) >= 11 is 12.2. The fraction of sp³-hybridized carbons (Fsp3) is 0.391. The van der Waals surface area contributed by atoms with Crippen molar-refractivity contribution in [2.75, 3.05) is 17.1 Å². The van der Waals surface area contributed by atoms with E-state index in [1.807, 2.05) is 13.8 Å². The van der Waals surface area contributed by atoms with Gasteiger partial charge in [-0.05, 0) is 56.2 Å². The number of sulfonamides is 1. The van der Waals surface area contributed by atoms with Gasteiger partial charge in [0.15, 0.2) is 0 Å². The number of hydrogen-bond acceptors (Lipinski definition) is 4. The Morgan fingerprint density at radius 1 is 1.09 bits per heavy atom. The van der Waals surface area contributed by atoms with E-state index in [1.54, 1.807) is 6.92 Å². The monoisotopic (exact) mass is 531 g/mol. The second-order valence-corrected chi connectivity index (χ2v) is 10.8. The van der Waals surface area contributed by atoms with Crippen LogP contribution in [0.3, 0.4) is 0 Å². The highest BCUT2D eigenvalue weighted by Gasteiger charge is 2.31. The fourth-order valence-corrected chi connectivity index (χ4v) is 4.40. The molecular formula is C23H28Cl2FN3O4S. The van der Waals surface area contributed by atoms with Crippen molar-refractivity contribution in [3.8, 4) is 0 Å². The topological polar surface area (TPSA) is 86.8 Å². The Labute approximate surface area is 209 Å². The molecule has 0 spiro atoms. The number of halogens is 3. The lowest BCUT2D eigenvalue weighted by atomic mass is 10.1. The molecule has 2 aromatic carbocycles. The molecule has 0 saturated heterocycles. The van der Waals surface area contributed by atoms with Crippen molar-refractivity contribution in [1.29, 1.82) is 0 Å². The van der Waals surface area contributed by atoms with Crippen molar-refractivity contribution in [2.24, 2.45) is 0 Å². The van der Waals surface area contributed by atoms with Gasteiger partial charge < -0.3 is 10.2 Å². The van der Waals surface area contributed by atoms with Gasteiger partial charge in [0.25, 0.3) is 0 Å². The third kappa shape index (κ3) is 7.58. The third-order valence-electron chi connectivity index (χ3n) is 5.29. The first-order valence-electron chi connectivity index (χ1n) is 10.6. The summed E-state index contributed by atoms with van der Waals surface area (Å²) in [4.78, 5) is 27.5. The summed E-state index contributed by atoms with van der Waals surface area (Å²) in [5.74, 6) is -1.47. The van der Waals surface area contributed by atoms with Crippen LogP contribution in [0.15, 0.2) is 42.5 Å². The average molecular weight is 532 g/mol. The highest BCUT2D eigenvalue weighted by molar-refractivity contribution is 7.92. The molecule has 186 valence electrons. The van der Waals surface area contributed by atoms with Crippen molar-refractivity contribution >= 4 is 50.7 Å². The van der Waals surface area contributed by atoms with Gasteiger partial charge >= 0.3 is 0 Å². The van der Waals surface area contributed by atoms with Crippen molar-refractivity contribution in [1.82, 2.24) is 10.2 Å². The van der Waals surface area contributed by atoms with Crippen LogP contribution in [-0.4, -0.2) is 50.0 Å². The average Bonchev–Trinajstić information content (AvgIpc) is 2.77. The molecule has 2 atom stereocenters. The first-order chi connectivity index (χ1) is 15.8. The Bertz CT molecular complexity index is 1130. The zero-order valence-electron chi connectivity index (χ0n) is 19.4. The maximum absolute atomic E-state index is 13.4. The molecule has 0 fully saturated rings. The Balaban J connectivity index is 2.42. The summed E-state index contributed by atoms with van der Waals surface area (Å²) < 4.78 is 39.4. The van der Waals surface area contributed by atoms with Crippen molar-refractivity contribution < 1.29 is 22.4 Å². The second-order valence-electron chi connectivity index (χ2n) is 8.01. The van der Waals surface area contributed by atoms with Crippen LogP contribution >= 0.6 is 23.2 Å². The number of carbonyl (C=O) groups excluding carboxylic acids is 2. The van der Waals surface area contributed by atoms with Gasteiger partial charge in [-0.15, -0.1) is 0 Å². The molecule has 0 radical (unpaired) electrons. The molecule has 0 aliphatic carbocycles. The van der Waals surface area contributed by atoms with Gasteiger partial charge in [0.05, 0.1) is 17.0 Å². The number of nitrogens with one attached hydrogen (secondary N) is 1. The maximum atomic E-state index is 13.4. The first kappa shape index (κ1) is 27.9. The molecule has 2 rings (SSSR count). The van der Waals surface area contributed by atoms with Gasteiger partial charge in [0.2, 0.25) is 21.8 Å². The molecule has 0 aromatic heterocycles. The molecule has 2 amide bonds. The molecule has 34 heavy (non-hydrogen) atoms. The Morgan fingerprint density at radius 2 is 1.71 bits per heavy atom. The van der Waals surface area contributed by atoms with Gasteiger partial charge in [-0.3, -0.25) is 13.9 Å². The number of benzene rings is 2. The van der Waals surface area contributed by atoms with Crippen LogP contribution in [0.4, 0.5) is 10.1 Å². The Morgan fingerprint density at radius 3 is 2.26 bits per heavy atom. The standard InChI is InChI=1S/C23H28Cl2FN3O4S/c1-5-15(2)27-23(31)16(3)28(13-17-6-9-19(26)10-7-17)22(30)14-29(34(4,32)33)21-12-18(24)8-11-20(21)25/h6-12,15-16H,5,13-14H2,1-4H3,(H,27,31)/t15-,16+/m0/s1. The molecule has 0 bridgehead atoms. The van der Waals surface area contributed by atoms with E-state index in [0.717, 1.165) is 10.6 Å². The molecule has 2 aromatic rings. The summed E-state index contributed by atoms with van der Waals surface area (Å²) in [6, 6.07) is 8.72. The van der Waals surface area contributed by atoms with E-state index < -0.39 is 40.2 Å². The van der Waals surface area contributed by atoms with Crippen LogP contribution in [0, 0.1) is 5.82 Å². The van der Waals surface area contributed by atoms with Crippen LogP contribution in [0.2, 0.25) is 10.0 Å². The van der Waals surface area contributed by atoms with Crippen LogP contribution < -0.4 is 9.62 Å². The minimum absolute atomic E-state index is 0.0327. The number of nitrogens with zero attached hydrogens (tertiary/aromatic N) is 2. The van der Waals surface area contributed by atoms with Gasteiger partial charge in [-0.2, -0.15) is 0 Å². The molecule has 0 aliphatic rings. The van der Waals surface area contributed by atoms with E-state index in [1.165, 1.54) is 47.4 Å². The van der Waals surface area contributed by atoms with Crippen LogP contribution in [0.25, 0.3) is 0 Å². The van der Waals surface area contributed by atoms with E-state index in [-0.39, 0.29) is 28.3 Å². The van der Waals surface area contributed by atoms with E-state index in [4.69, 9.17) is 23.2 Å². The van der Waals surface area contributed by atoms with Gasteiger partial charge in [0.1, 0.15) is 18.4 Å². The molecule has 7 nitrogen and oxygen atoms in total. The van der Waals surface area contributed by atoms with E-state index in [0.29, 0.717) is 12.0 Å². The first-order valence-corrected chi connectivity index (χ1v) is 13.2. The van der Waals surface area contributed by atoms with Gasteiger partial charge in [-0.1, -0.05) is 42.3 Å². The van der Waals surface area contributed by atoms with Crippen LogP contribution in [0.5, 0.6) is 0 Å². The van der Waals surface area contributed by atoms with E-state index in [9.17, 15) is 22.4 Å². The number of hydrogen-bond donors (Lipinski definition) is 1.